The van der Waals surface area contributed by atoms with Gasteiger partial charge in [-0.15, -0.1) is 0 Å². The first-order chi connectivity index (χ1) is 19.4. The van der Waals surface area contributed by atoms with Crippen LogP contribution in [0, 0.1) is 0 Å². The second kappa shape index (κ2) is 14.0. The van der Waals surface area contributed by atoms with E-state index in [4.69, 9.17) is 53.1 Å². The summed E-state index contributed by atoms with van der Waals surface area (Å²) >= 11 is 0. The molecule has 16 heteroatoms. The predicted octanol–water partition coefficient (Wildman–Crippen LogP) is -6.40. The third kappa shape index (κ3) is 7.15. The number of ether oxygens (including phenoxy) is 4. The van der Waals surface area contributed by atoms with Gasteiger partial charge >= 0.3 is 0 Å². The lowest BCUT2D eigenvalue weighted by Crippen LogP contribution is -2.69. The highest BCUT2D eigenvalue weighted by molar-refractivity contribution is 5.80. The molecule has 0 spiro atoms. The van der Waals surface area contributed by atoms with Crippen molar-refractivity contribution in [3.8, 4) is 0 Å². The Hall–Kier alpha value is -1.09. The smallest absolute Gasteiger partial charge is 0.249 e. The minimum Gasteiger partial charge on any atom is -0.394 e. The number of aliphatic hydroxyl groups excluding tert-OH is 5. The van der Waals surface area contributed by atoms with E-state index in [-0.39, 0.29) is 19.1 Å². The molecule has 0 aromatic heterocycles. The Labute approximate surface area is 226 Å². The van der Waals surface area contributed by atoms with Gasteiger partial charge in [-0.05, 0) is 32.1 Å². The van der Waals surface area contributed by atoms with Crippen LogP contribution in [-0.4, -0.2) is 137 Å². The number of aliphatic hydroxyl groups is 5. The third-order valence-electron chi connectivity index (χ3n) is 7.09. The van der Waals surface area contributed by atoms with Crippen LogP contribution in [0.4, 0.5) is 0 Å². The van der Waals surface area contributed by atoms with Crippen LogP contribution in [0.2, 0.25) is 0 Å². The molecule has 1 amide bonds. The lowest BCUT2D eigenvalue weighted by atomic mass is 9.83. The van der Waals surface area contributed by atoms with Crippen LogP contribution in [0.1, 0.15) is 31.1 Å². The Bertz CT molecular complexity index is 910. The highest BCUT2D eigenvalue weighted by Crippen LogP contribution is 2.31. The number of amides is 1. The van der Waals surface area contributed by atoms with Gasteiger partial charge in [0.1, 0.15) is 42.7 Å². The zero-order valence-corrected chi connectivity index (χ0v) is 20.8. The average Bonchev–Trinajstić information content (AvgIpc) is 2.92. The molecule has 0 bridgehead atoms. The Morgan fingerprint density at radius 2 is 1.68 bits per heavy atom. The zero-order valence-electron chi connectivity index (χ0n) is 24.8. The van der Waals surface area contributed by atoms with E-state index in [9.17, 15) is 30.3 Å². The third-order valence-corrected chi connectivity index (χ3v) is 7.09. The maximum Gasteiger partial charge on any atom is 0.249 e. The first kappa shape index (κ1) is 25.8. The summed E-state index contributed by atoms with van der Waals surface area (Å²) in [4.78, 5) is 12.9. The summed E-state index contributed by atoms with van der Waals surface area (Å²) in [6, 6.07) is -4.27. The van der Waals surface area contributed by atoms with Crippen molar-refractivity contribution in [2.45, 2.75) is 111 Å². The lowest BCUT2D eigenvalue weighted by Gasteiger charge is -2.48. The van der Waals surface area contributed by atoms with Gasteiger partial charge in [0.25, 0.3) is 0 Å². The quantitative estimate of drug-likeness (QED) is 0.119. The van der Waals surface area contributed by atoms with Gasteiger partial charge in [-0.25, -0.2) is 0 Å². The fourth-order valence-electron chi connectivity index (χ4n) is 4.86. The molecular formula is C22H44N6O10. The number of carbonyl (C=O) groups excluding carboxylic acids is 1. The summed E-state index contributed by atoms with van der Waals surface area (Å²) in [6.07, 6.45) is -16.9. The molecule has 0 aromatic carbocycles. The number of hydrogen-bond acceptors (Lipinski definition) is 15. The molecular weight excluding hydrogens is 508 g/mol. The molecule has 38 heavy (non-hydrogen) atoms. The van der Waals surface area contributed by atoms with E-state index < -0.39 is 105 Å². The van der Waals surface area contributed by atoms with E-state index in [0.29, 0.717) is 12.8 Å². The maximum atomic E-state index is 12.9. The summed E-state index contributed by atoms with van der Waals surface area (Å²) in [5.41, 5.74) is 29.2. The predicted molar refractivity (Wildman–Crippen MR) is 131 cm³/mol. The van der Waals surface area contributed by atoms with Crippen molar-refractivity contribution in [2.24, 2.45) is 28.7 Å². The number of hydrogen-bond donors (Lipinski definition) is 11. The number of carbonyl (C=O) groups is 1. The molecule has 3 fully saturated rings. The van der Waals surface area contributed by atoms with E-state index in [1.807, 2.05) is 0 Å². The van der Waals surface area contributed by atoms with Crippen LogP contribution in [-0.2, 0) is 23.7 Å². The van der Waals surface area contributed by atoms with Gasteiger partial charge in [0.15, 0.2) is 12.6 Å². The minimum absolute atomic E-state index is 0.192. The number of nitrogens with one attached hydrogen (secondary N) is 1. The van der Waals surface area contributed by atoms with Crippen LogP contribution >= 0.6 is 0 Å². The summed E-state index contributed by atoms with van der Waals surface area (Å²) < 4.78 is 53.5. The van der Waals surface area contributed by atoms with E-state index in [1.165, 1.54) is 0 Å². The summed E-state index contributed by atoms with van der Waals surface area (Å²) in [5, 5.41) is 54.4. The molecule has 14 atom stereocenters. The monoisotopic (exact) mass is 556 g/mol. The van der Waals surface area contributed by atoms with Crippen molar-refractivity contribution < 1.29 is 54.8 Å². The SMILES string of the molecule is [2H]C([2H])(N)C([2H])([2H])[C@H](O)C(=O)N[C@@H]1C[C@H](N)[C@@H](O[C@H]2O[C@H](CN)CC[C@H]2N)[C@H](O)[C@H]1O[C@H]1O[C@H](CO)[C@@H](O)[C@H](N)[C@H]1O. The van der Waals surface area contributed by atoms with Crippen molar-refractivity contribution in [1.29, 1.82) is 0 Å². The molecule has 0 aromatic rings. The van der Waals surface area contributed by atoms with Crippen molar-refractivity contribution in [3.63, 3.8) is 0 Å². The second-order valence-electron chi connectivity index (χ2n) is 9.79. The maximum absolute atomic E-state index is 12.9. The minimum atomic E-state index is -3.23. The Morgan fingerprint density at radius 1 is 1.00 bits per heavy atom. The van der Waals surface area contributed by atoms with Gasteiger partial charge in [-0.2, -0.15) is 0 Å². The van der Waals surface area contributed by atoms with Gasteiger partial charge in [-0.3, -0.25) is 4.79 Å². The van der Waals surface area contributed by atoms with Gasteiger partial charge in [0.05, 0.1) is 30.8 Å². The van der Waals surface area contributed by atoms with E-state index in [0.717, 1.165) is 0 Å². The van der Waals surface area contributed by atoms with Crippen molar-refractivity contribution >= 4 is 5.91 Å². The Kier molecular flexibility index (Phi) is 9.52. The average molecular weight is 557 g/mol. The highest BCUT2D eigenvalue weighted by atomic mass is 16.7. The van der Waals surface area contributed by atoms with E-state index in [1.54, 1.807) is 0 Å². The van der Waals surface area contributed by atoms with Gasteiger partial charge in [0.2, 0.25) is 5.91 Å². The first-order valence-corrected chi connectivity index (χ1v) is 12.5. The molecule has 2 aliphatic heterocycles. The topological polar surface area (TPSA) is 297 Å². The standard InChI is InChI=1S/C22H44N6O10/c23-4-3-12(30)20(34)28-11-5-10(26)18(37-21-9(25)2-1-8(6-24)35-21)17(33)19(11)38-22-16(32)14(27)15(31)13(7-29)36-22/h8-19,21-22,29-33H,1-7,23-27H2,(H,28,34)/t8-,9+,10-,11+,12-,13+,14-,15+,16+,17-,18+,19-,21+,22+/m0/s1/i3D2,4D2. The van der Waals surface area contributed by atoms with Crippen LogP contribution in [0.25, 0.3) is 0 Å². The van der Waals surface area contributed by atoms with Crippen LogP contribution in [0.15, 0.2) is 0 Å². The Morgan fingerprint density at radius 3 is 2.32 bits per heavy atom. The summed E-state index contributed by atoms with van der Waals surface area (Å²) in [7, 11) is 0. The second-order valence-corrected chi connectivity index (χ2v) is 9.79. The fraction of sp³-hybridized carbons (Fsp3) is 0.955. The van der Waals surface area contributed by atoms with Gasteiger partial charge in [-0.1, -0.05) is 0 Å². The molecule has 2 heterocycles. The molecule has 3 rings (SSSR count). The molecule has 0 radical (unpaired) electrons. The highest BCUT2D eigenvalue weighted by Gasteiger charge is 2.51. The van der Waals surface area contributed by atoms with Gasteiger partial charge in [0, 0.05) is 18.1 Å². The molecule has 0 unspecified atom stereocenters. The number of rotatable bonds is 10. The van der Waals surface area contributed by atoms with Crippen molar-refractivity contribution in [2.75, 3.05) is 19.6 Å². The Balaban J connectivity index is 1.88. The molecule has 3 aliphatic rings. The van der Waals surface area contributed by atoms with E-state index >= 15 is 0 Å². The largest absolute Gasteiger partial charge is 0.394 e. The zero-order chi connectivity index (χ0) is 31.7. The van der Waals surface area contributed by atoms with Gasteiger partial charge < -0.3 is 78.5 Å². The van der Waals surface area contributed by atoms with Crippen molar-refractivity contribution in [1.82, 2.24) is 5.32 Å². The number of nitrogens with two attached hydrogens (primary N) is 5. The van der Waals surface area contributed by atoms with Crippen LogP contribution < -0.4 is 34.0 Å². The molecule has 16 nitrogen and oxygen atoms in total. The molecule has 2 saturated heterocycles. The van der Waals surface area contributed by atoms with Crippen LogP contribution in [0.5, 0.6) is 0 Å². The fourth-order valence-corrected chi connectivity index (χ4v) is 4.86. The van der Waals surface area contributed by atoms with E-state index in [2.05, 4.69) is 5.32 Å². The molecule has 1 saturated carbocycles. The van der Waals surface area contributed by atoms with Crippen LogP contribution in [0.3, 0.4) is 0 Å². The molecule has 222 valence electrons. The van der Waals surface area contributed by atoms with Crippen molar-refractivity contribution in [3.05, 3.63) is 0 Å². The molecule has 16 N–H and O–H groups in total. The lowest BCUT2D eigenvalue weighted by molar-refractivity contribution is -0.314. The summed E-state index contributed by atoms with van der Waals surface area (Å²) in [6.45, 7) is -3.62. The normalized spacial score (nSPS) is 47.3. The first-order valence-electron chi connectivity index (χ1n) is 14.5. The molecule has 1 aliphatic carbocycles. The summed E-state index contributed by atoms with van der Waals surface area (Å²) in [5.74, 6) is -1.40.